The zero-order chi connectivity index (χ0) is 14.6. The topological polar surface area (TPSA) is 60.2 Å². The van der Waals surface area contributed by atoms with E-state index in [2.05, 4.69) is 17.2 Å². The van der Waals surface area contributed by atoms with Crippen LogP contribution in [0.5, 0.6) is 5.88 Å². The Hall–Kier alpha value is -1.45. The van der Waals surface area contributed by atoms with Gasteiger partial charge in [-0.25, -0.2) is 0 Å². The first-order chi connectivity index (χ1) is 9.48. The first-order valence-corrected chi connectivity index (χ1v) is 7.66. The summed E-state index contributed by atoms with van der Waals surface area (Å²) in [7, 11) is 0. The number of nitrogens with one attached hydrogen (secondary N) is 1. The van der Waals surface area contributed by atoms with Crippen molar-refractivity contribution in [1.82, 2.24) is 4.98 Å². The first-order valence-electron chi connectivity index (χ1n) is 7.66. The zero-order valence-electron chi connectivity index (χ0n) is 12.9. The lowest BCUT2D eigenvalue weighted by atomic mass is 9.76. The summed E-state index contributed by atoms with van der Waals surface area (Å²) in [5.41, 5.74) is 6.87. The van der Waals surface area contributed by atoms with Gasteiger partial charge < -0.3 is 15.8 Å². The lowest BCUT2D eigenvalue weighted by Crippen LogP contribution is -2.29. The van der Waals surface area contributed by atoms with Crippen molar-refractivity contribution in [2.45, 2.75) is 59.0 Å². The van der Waals surface area contributed by atoms with Crippen molar-refractivity contribution in [3.05, 3.63) is 12.1 Å². The Balaban J connectivity index is 1.98. The summed E-state index contributed by atoms with van der Waals surface area (Å²) < 4.78 is 5.63. The zero-order valence-corrected chi connectivity index (χ0v) is 12.9. The van der Waals surface area contributed by atoms with E-state index in [1.807, 2.05) is 26.0 Å². The minimum absolute atomic E-state index is 0.0795. The van der Waals surface area contributed by atoms with Crippen LogP contribution in [-0.2, 0) is 0 Å². The molecule has 0 spiro atoms. The largest absolute Gasteiger partial charge is 0.473 e. The third kappa shape index (κ3) is 4.02. The fraction of sp³-hybridized carbons (Fsp3) is 0.688. The Morgan fingerprint density at radius 1 is 1.30 bits per heavy atom. The van der Waals surface area contributed by atoms with E-state index < -0.39 is 0 Å². The standard InChI is InChI=1S/C16H27N3O/c1-12(2)20-15-13(17)7-8-14(19-15)18-11-16(3)9-5-4-6-10-16/h7-8,12H,4-6,9-11,17H2,1-3H3,(H,18,19). The molecule has 0 atom stereocenters. The van der Waals surface area contributed by atoms with Crippen molar-refractivity contribution >= 4 is 11.5 Å². The molecule has 0 saturated heterocycles. The average Bonchev–Trinajstić information content (AvgIpc) is 2.40. The number of aromatic nitrogens is 1. The summed E-state index contributed by atoms with van der Waals surface area (Å²) >= 11 is 0. The van der Waals surface area contributed by atoms with Gasteiger partial charge in [-0.05, 0) is 44.2 Å². The van der Waals surface area contributed by atoms with Gasteiger partial charge in [0.05, 0.1) is 11.8 Å². The van der Waals surface area contributed by atoms with Crippen molar-refractivity contribution in [2.24, 2.45) is 5.41 Å². The minimum Gasteiger partial charge on any atom is -0.473 e. The highest BCUT2D eigenvalue weighted by Gasteiger charge is 2.26. The van der Waals surface area contributed by atoms with Crippen molar-refractivity contribution in [1.29, 1.82) is 0 Å². The van der Waals surface area contributed by atoms with E-state index in [-0.39, 0.29) is 6.10 Å². The second-order valence-electron chi connectivity index (χ2n) is 6.48. The quantitative estimate of drug-likeness (QED) is 0.858. The van der Waals surface area contributed by atoms with E-state index in [1.54, 1.807) is 0 Å². The number of anilines is 2. The highest BCUT2D eigenvalue weighted by Crippen LogP contribution is 2.35. The Morgan fingerprint density at radius 2 is 2.00 bits per heavy atom. The molecule has 1 aromatic rings. The van der Waals surface area contributed by atoms with Gasteiger partial charge in [0, 0.05) is 6.54 Å². The highest BCUT2D eigenvalue weighted by atomic mass is 16.5. The molecule has 0 bridgehead atoms. The molecule has 0 amide bonds. The monoisotopic (exact) mass is 277 g/mol. The molecule has 0 unspecified atom stereocenters. The molecule has 1 heterocycles. The number of nitrogens with zero attached hydrogens (tertiary/aromatic N) is 1. The van der Waals surface area contributed by atoms with E-state index in [1.165, 1.54) is 32.1 Å². The molecular weight excluding hydrogens is 250 g/mol. The predicted octanol–water partition coefficient (Wildman–Crippen LogP) is 3.83. The Labute approximate surface area is 122 Å². The molecule has 1 fully saturated rings. The lowest BCUT2D eigenvalue weighted by molar-refractivity contribution is 0.230. The molecule has 1 aliphatic carbocycles. The fourth-order valence-corrected chi connectivity index (χ4v) is 2.75. The molecule has 0 aromatic carbocycles. The maximum atomic E-state index is 5.89. The predicted molar refractivity (Wildman–Crippen MR) is 84.1 cm³/mol. The van der Waals surface area contributed by atoms with Gasteiger partial charge in [0.2, 0.25) is 5.88 Å². The summed E-state index contributed by atoms with van der Waals surface area (Å²) in [4.78, 5) is 4.47. The number of rotatable bonds is 5. The number of nitrogens with two attached hydrogens (primary N) is 1. The van der Waals surface area contributed by atoms with E-state index in [0.29, 0.717) is 17.0 Å². The molecule has 4 nitrogen and oxygen atoms in total. The van der Waals surface area contributed by atoms with Crippen LogP contribution in [0.4, 0.5) is 11.5 Å². The van der Waals surface area contributed by atoms with Gasteiger partial charge in [0.15, 0.2) is 0 Å². The summed E-state index contributed by atoms with van der Waals surface area (Å²) in [6.07, 6.45) is 6.73. The van der Waals surface area contributed by atoms with Gasteiger partial charge in [0.1, 0.15) is 5.82 Å². The Bertz CT molecular complexity index is 439. The van der Waals surface area contributed by atoms with Crippen LogP contribution in [0, 0.1) is 5.41 Å². The lowest BCUT2D eigenvalue weighted by Gasteiger charge is -2.33. The number of pyridine rings is 1. The van der Waals surface area contributed by atoms with Crippen LogP contribution in [0.2, 0.25) is 0 Å². The van der Waals surface area contributed by atoms with Crippen molar-refractivity contribution in [3.63, 3.8) is 0 Å². The fourth-order valence-electron chi connectivity index (χ4n) is 2.75. The third-order valence-corrected chi connectivity index (χ3v) is 3.99. The summed E-state index contributed by atoms with van der Waals surface area (Å²) in [6, 6.07) is 3.78. The molecule has 1 saturated carbocycles. The van der Waals surface area contributed by atoms with Crippen LogP contribution in [0.1, 0.15) is 52.9 Å². The van der Waals surface area contributed by atoms with Gasteiger partial charge in [-0.15, -0.1) is 0 Å². The van der Waals surface area contributed by atoms with Crippen LogP contribution in [-0.4, -0.2) is 17.6 Å². The molecule has 112 valence electrons. The van der Waals surface area contributed by atoms with Crippen molar-refractivity contribution in [3.8, 4) is 5.88 Å². The summed E-state index contributed by atoms with van der Waals surface area (Å²) in [5.74, 6) is 1.38. The average molecular weight is 277 g/mol. The van der Waals surface area contributed by atoms with Crippen LogP contribution in [0.15, 0.2) is 12.1 Å². The molecule has 2 rings (SSSR count). The molecular formula is C16H27N3O. The third-order valence-electron chi connectivity index (χ3n) is 3.99. The van der Waals surface area contributed by atoms with Gasteiger partial charge in [-0.1, -0.05) is 26.2 Å². The number of nitrogen functional groups attached to an aromatic ring is 1. The Morgan fingerprint density at radius 3 is 2.65 bits per heavy atom. The number of hydrogen-bond acceptors (Lipinski definition) is 4. The van der Waals surface area contributed by atoms with E-state index in [9.17, 15) is 0 Å². The molecule has 3 N–H and O–H groups in total. The molecule has 0 radical (unpaired) electrons. The van der Waals surface area contributed by atoms with E-state index in [0.717, 1.165) is 12.4 Å². The molecule has 4 heteroatoms. The van der Waals surface area contributed by atoms with Crippen LogP contribution in [0.3, 0.4) is 0 Å². The normalized spacial score (nSPS) is 18.0. The summed E-state index contributed by atoms with van der Waals surface area (Å²) in [5, 5.41) is 3.45. The number of ether oxygens (including phenoxy) is 1. The van der Waals surface area contributed by atoms with Crippen LogP contribution in [0.25, 0.3) is 0 Å². The SMILES string of the molecule is CC(C)Oc1nc(NCC2(C)CCCCC2)ccc1N. The Kier molecular flexibility index (Phi) is 4.73. The molecule has 20 heavy (non-hydrogen) atoms. The van der Waals surface area contributed by atoms with E-state index >= 15 is 0 Å². The van der Waals surface area contributed by atoms with Gasteiger partial charge in [-0.2, -0.15) is 4.98 Å². The van der Waals surface area contributed by atoms with E-state index in [4.69, 9.17) is 10.5 Å². The van der Waals surface area contributed by atoms with Crippen LogP contribution < -0.4 is 15.8 Å². The highest BCUT2D eigenvalue weighted by molar-refractivity contribution is 5.53. The molecule has 1 aromatic heterocycles. The van der Waals surface area contributed by atoms with Crippen molar-refractivity contribution in [2.75, 3.05) is 17.6 Å². The summed E-state index contributed by atoms with van der Waals surface area (Å²) in [6.45, 7) is 7.28. The molecule has 0 aliphatic heterocycles. The second-order valence-corrected chi connectivity index (χ2v) is 6.48. The van der Waals surface area contributed by atoms with Gasteiger partial charge in [0.25, 0.3) is 0 Å². The molecule has 1 aliphatic rings. The minimum atomic E-state index is 0.0795. The van der Waals surface area contributed by atoms with Gasteiger partial charge >= 0.3 is 0 Å². The number of hydrogen-bond donors (Lipinski definition) is 2. The van der Waals surface area contributed by atoms with Gasteiger partial charge in [-0.3, -0.25) is 0 Å². The first kappa shape index (κ1) is 14.9. The van der Waals surface area contributed by atoms with Crippen molar-refractivity contribution < 1.29 is 4.74 Å². The van der Waals surface area contributed by atoms with Crippen LogP contribution >= 0.6 is 0 Å². The maximum Gasteiger partial charge on any atom is 0.239 e. The second kappa shape index (κ2) is 6.33. The smallest absolute Gasteiger partial charge is 0.239 e. The maximum absolute atomic E-state index is 5.89.